The molecule has 0 bridgehead atoms. The van der Waals surface area contributed by atoms with Crippen molar-refractivity contribution in [1.82, 2.24) is 9.97 Å². The fourth-order valence-electron chi connectivity index (χ4n) is 5.65. The number of aromatic nitrogens is 2. The number of carbonyl (C=O) groups is 4. The van der Waals surface area contributed by atoms with Crippen LogP contribution in [0.3, 0.4) is 0 Å². The standard InChI is InChI=1S/C18H18N2O3.C17H15BrN2O3/c1-10-12(7-8-17(21)22)11(2)19-16(10)9-14-13-5-3-4-6-15(13)20-18(14)23;1-9-10(2-5-16(21)22)8-19-15(9)7-13-12-6-11(18)3-4-14(12)20-17(13)23/h3-6,9,19H,7-8H2,1-2H3,(H,20,23)(H,21,22);3-4,6-8,19H,2,5H2,1H3,(H,20,23)(H,21,22). The van der Waals surface area contributed by atoms with Gasteiger partial charge in [-0.1, -0.05) is 34.1 Å². The third-order valence-corrected chi connectivity index (χ3v) is 8.66. The van der Waals surface area contributed by atoms with Gasteiger partial charge in [-0.3, -0.25) is 19.2 Å². The van der Waals surface area contributed by atoms with Crippen LogP contribution in [-0.4, -0.2) is 43.9 Å². The van der Waals surface area contributed by atoms with Gasteiger partial charge in [-0.15, -0.1) is 0 Å². The zero-order valence-electron chi connectivity index (χ0n) is 25.5. The molecule has 2 aliphatic heterocycles. The van der Waals surface area contributed by atoms with Gasteiger partial charge < -0.3 is 30.8 Å². The summed E-state index contributed by atoms with van der Waals surface area (Å²) >= 11 is 3.42. The van der Waals surface area contributed by atoms with E-state index in [1.54, 1.807) is 6.20 Å². The van der Waals surface area contributed by atoms with E-state index >= 15 is 0 Å². The van der Waals surface area contributed by atoms with E-state index in [4.69, 9.17) is 10.2 Å². The first kappa shape index (κ1) is 32.2. The molecule has 0 radical (unpaired) electrons. The van der Waals surface area contributed by atoms with Gasteiger partial charge in [0, 0.05) is 63.1 Å². The van der Waals surface area contributed by atoms with Gasteiger partial charge in [0.15, 0.2) is 0 Å². The molecule has 6 rings (SSSR count). The summed E-state index contributed by atoms with van der Waals surface area (Å²) in [6.45, 7) is 5.80. The van der Waals surface area contributed by atoms with Crippen molar-refractivity contribution in [2.24, 2.45) is 0 Å². The zero-order valence-corrected chi connectivity index (χ0v) is 27.1. The van der Waals surface area contributed by atoms with Crippen molar-refractivity contribution < 1.29 is 29.4 Å². The number of carboxylic acids is 2. The highest BCUT2D eigenvalue weighted by atomic mass is 79.9. The van der Waals surface area contributed by atoms with Crippen LogP contribution in [0.2, 0.25) is 0 Å². The Balaban J connectivity index is 0.000000181. The molecule has 0 unspecified atom stereocenters. The Hall–Kier alpha value is -5.16. The van der Waals surface area contributed by atoms with E-state index < -0.39 is 11.9 Å². The van der Waals surface area contributed by atoms with E-state index in [2.05, 4.69) is 36.5 Å². The number of nitrogens with one attached hydrogen (secondary N) is 4. The Morgan fingerprint density at radius 2 is 1.39 bits per heavy atom. The smallest absolute Gasteiger partial charge is 0.303 e. The molecular formula is C35H33BrN4O6. The molecule has 4 aromatic rings. The molecule has 0 spiro atoms. The van der Waals surface area contributed by atoms with Crippen molar-refractivity contribution in [3.8, 4) is 0 Å². The van der Waals surface area contributed by atoms with Crippen LogP contribution in [0.1, 0.15) is 63.3 Å². The van der Waals surface area contributed by atoms with Crippen LogP contribution in [0, 0.1) is 20.8 Å². The van der Waals surface area contributed by atoms with E-state index in [0.29, 0.717) is 24.0 Å². The first-order chi connectivity index (χ1) is 21.9. The minimum absolute atomic E-state index is 0.0883. The lowest BCUT2D eigenvalue weighted by Crippen LogP contribution is -2.03. The Kier molecular flexibility index (Phi) is 9.43. The second kappa shape index (κ2) is 13.5. The van der Waals surface area contributed by atoms with Crippen LogP contribution < -0.4 is 10.6 Å². The van der Waals surface area contributed by atoms with Crippen molar-refractivity contribution in [2.45, 2.75) is 46.5 Å². The molecule has 6 N–H and O–H groups in total. The number of aromatic amines is 2. The molecule has 2 aliphatic rings. The van der Waals surface area contributed by atoms with Gasteiger partial charge in [0.25, 0.3) is 11.8 Å². The molecule has 10 nitrogen and oxygen atoms in total. The Morgan fingerprint density at radius 3 is 2.09 bits per heavy atom. The number of carboxylic acid groups (broad SMARTS) is 2. The highest BCUT2D eigenvalue weighted by Crippen LogP contribution is 2.36. The maximum Gasteiger partial charge on any atom is 0.303 e. The molecule has 2 aromatic carbocycles. The second-order valence-electron chi connectivity index (χ2n) is 11.2. The number of hydrogen-bond donors (Lipinski definition) is 6. The number of fused-ring (bicyclic) bond motifs is 2. The summed E-state index contributed by atoms with van der Waals surface area (Å²) in [6, 6.07) is 13.2. The predicted molar refractivity (Wildman–Crippen MR) is 181 cm³/mol. The monoisotopic (exact) mass is 684 g/mol. The number of aryl methyl sites for hydroxylation is 2. The van der Waals surface area contributed by atoms with Crippen molar-refractivity contribution in [3.05, 3.63) is 104 Å². The van der Waals surface area contributed by atoms with Gasteiger partial charge >= 0.3 is 11.9 Å². The van der Waals surface area contributed by atoms with Gasteiger partial charge in [-0.2, -0.15) is 0 Å². The topological polar surface area (TPSA) is 164 Å². The maximum atomic E-state index is 12.2. The molecule has 0 saturated carbocycles. The van der Waals surface area contributed by atoms with E-state index in [-0.39, 0.29) is 24.7 Å². The number of hydrogen-bond acceptors (Lipinski definition) is 4. The fraction of sp³-hybridized carbons (Fsp3) is 0.200. The number of amides is 2. The van der Waals surface area contributed by atoms with Crippen LogP contribution in [0.4, 0.5) is 11.4 Å². The number of rotatable bonds is 8. The summed E-state index contributed by atoms with van der Waals surface area (Å²) in [6.07, 6.45) is 6.59. The number of aliphatic carboxylic acids is 2. The van der Waals surface area contributed by atoms with Gasteiger partial charge in [-0.05, 0) is 92.3 Å². The number of para-hydroxylation sites is 1. The third kappa shape index (κ3) is 6.89. The normalized spacial score (nSPS) is 14.9. The molecule has 0 saturated heterocycles. The Bertz CT molecular complexity index is 1950. The third-order valence-electron chi connectivity index (χ3n) is 8.17. The highest BCUT2D eigenvalue weighted by molar-refractivity contribution is 9.10. The first-order valence-corrected chi connectivity index (χ1v) is 15.5. The number of anilines is 2. The highest BCUT2D eigenvalue weighted by Gasteiger charge is 2.26. The van der Waals surface area contributed by atoms with E-state index in [1.807, 2.05) is 75.4 Å². The van der Waals surface area contributed by atoms with Crippen LogP contribution in [0.5, 0.6) is 0 Å². The molecule has 236 valence electrons. The summed E-state index contributed by atoms with van der Waals surface area (Å²) in [4.78, 5) is 52.3. The van der Waals surface area contributed by atoms with Crippen LogP contribution in [0.15, 0.2) is 53.1 Å². The molecule has 0 aliphatic carbocycles. The molecule has 46 heavy (non-hydrogen) atoms. The average Bonchev–Trinajstić information content (AvgIpc) is 3.70. The van der Waals surface area contributed by atoms with Crippen LogP contribution in [0.25, 0.3) is 23.3 Å². The van der Waals surface area contributed by atoms with Gasteiger partial charge in [0.1, 0.15) is 0 Å². The van der Waals surface area contributed by atoms with Gasteiger partial charge in [0.2, 0.25) is 0 Å². The van der Waals surface area contributed by atoms with E-state index in [0.717, 1.165) is 66.3 Å². The molecule has 2 amide bonds. The molecule has 0 fully saturated rings. The quantitative estimate of drug-likeness (QED) is 0.113. The van der Waals surface area contributed by atoms with Gasteiger partial charge in [0.05, 0.1) is 11.1 Å². The minimum Gasteiger partial charge on any atom is -0.481 e. The summed E-state index contributed by atoms with van der Waals surface area (Å²) < 4.78 is 0.906. The number of halogens is 1. The predicted octanol–water partition coefficient (Wildman–Crippen LogP) is 6.74. The maximum absolute atomic E-state index is 12.2. The van der Waals surface area contributed by atoms with Crippen LogP contribution in [-0.2, 0) is 32.0 Å². The lowest BCUT2D eigenvalue weighted by Gasteiger charge is -2.01. The fourth-order valence-corrected chi connectivity index (χ4v) is 6.01. The summed E-state index contributed by atoms with van der Waals surface area (Å²) in [5.41, 5.74) is 11.1. The Labute approximate surface area is 273 Å². The zero-order chi connectivity index (χ0) is 33.1. The summed E-state index contributed by atoms with van der Waals surface area (Å²) in [5.74, 6) is -1.89. The number of H-pyrrole nitrogens is 2. The summed E-state index contributed by atoms with van der Waals surface area (Å²) in [5, 5.41) is 23.3. The SMILES string of the molecule is Cc1[nH]c(C=C2C(=O)Nc3ccccc32)c(C)c1CCC(=O)O.Cc1c(CCC(=O)O)c[nH]c1C=C1C(=O)Nc2ccc(Br)cc21. The second-order valence-corrected chi connectivity index (χ2v) is 12.1. The minimum atomic E-state index is -0.820. The van der Waals surface area contributed by atoms with Crippen molar-refractivity contribution in [3.63, 3.8) is 0 Å². The van der Waals surface area contributed by atoms with Gasteiger partial charge in [-0.25, -0.2) is 0 Å². The molecular weight excluding hydrogens is 652 g/mol. The molecule has 0 atom stereocenters. The largest absolute Gasteiger partial charge is 0.481 e. The first-order valence-electron chi connectivity index (χ1n) is 14.7. The molecule has 2 aromatic heterocycles. The van der Waals surface area contributed by atoms with E-state index in [9.17, 15) is 19.2 Å². The van der Waals surface area contributed by atoms with Crippen molar-refractivity contribution >= 4 is 74.4 Å². The molecule has 4 heterocycles. The molecule has 11 heteroatoms. The lowest BCUT2D eigenvalue weighted by atomic mass is 10.0. The lowest BCUT2D eigenvalue weighted by molar-refractivity contribution is -0.138. The van der Waals surface area contributed by atoms with Crippen LogP contribution >= 0.6 is 15.9 Å². The Morgan fingerprint density at radius 1 is 0.783 bits per heavy atom. The number of carbonyl (C=O) groups excluding carboxylic acids is 2. The van der Waals surface area contributed by atoms with Crippen molar-refractivity contribution in [2.75, 3.05) is 10.6 Å². The average molecular weight is 686 g/mol. The van der Waals surface area contributed by atoms with Crippen molar-refractivity contribution in [1.29, 1.82) is 0 Å². The summed E-state index contributed by atoms with van der Waals surface area (Å²) in [7, 11) is 0. The number of benzene rings is 2. The van der Waals surface area contributed by atoms with E-state index in [1.165, 1.54) is 0 Å².